The number of nitrogen functional groups attached to an aromatic ring is 1. The van der Waals surface area contributed by atoms with Crippen LogP contribution in [-0.4, -0.2) is 27.0 Å². The minimum atomic E-state index is -0.577. The van der Waals surface area contributed by atoms with Crippen molar-refractivity contribution in [2.75, 3.05) is 12.3 Å². The summed E-state index contributed by atoms with van der Waals surface area (Å²) < 4.78 is 16.9. The molecule has 2 heterocycles. The number of hydrogen-bond donors (Lipinski definition) is 2. The van der Waals surface area contributed by atoms with Crippen molar-refractivity contribution >= 4 is 17.5 Å². The lowest BCUT2D eigenvalue weighted by Gasteiger charge is -2.12. The van der Waals surface area contributed by atoms with Crippen molar-refractivity contribution in [2.24, 2.45) is 0 Å². The summed E-state index contributed by atoms with van der Waals surface area (Å²) in [7, 11) is 0. The number of nitrogens with zero attached hydrogens (tertiary/aromatic N) is 4. The lowest BCUT2D eigenvalue weighted by Crippen LogP contribution is -2.26. The van der Waals surface area contributed by atoms with Gasteiger partial charge in [-0.2, -0.15) is 10.2 Å². The van der Waals surface area contributed by atoms with Gasteiger partial charge in [-0.3, -0.25) is 4.79 Å². The summed E-state index contributed by atoms with van der Waals surface area (Å²) in [6.45, 7) is 2.12. The van der Waals surface area contributed by atoms with E-state index in [1.165, 1.54) is 4.52 Å². The maximum atomic E-state index is 15.4. The fraction of sp³-hybridized carbons (Fsp3) is 0.167. The molecule has 0 unspecified atom stereocenters. The van der Waals surface area contributed by atoms with Crippen LogP contribution in [0.5, 0.6) is 0 Å². The second-order valence-corrected chi connectivity index (χ2v) is 7.48. The number of pyridine rings is 1. The van der Waals surface area contributed by atoms with Gasteiger partial charge in [-0.05, 0) is 60.7 Å². The summed E-state index contributed by atoms with van der Waals surface area (Å²) in [5, 5.41) is 15.7. The normalized spacial score (nSPS) is 10.8. The molecule has 160 valence electrons. The molecule has 0 saturated carbocycles. The number of halogens is 1. The second kappa shape index (κ2) is 8.86. The third kappa shape index (κ3) is 4.27. The summed E-state index contributed by atoms with van der Waals surface area (Å²) in [6, 6.07) is 16.2. The van der Waals surface area contributed by atoms with Gasteiger partial charge in [-0.25, -0.2) is 8.91 Å². The van der Waals surface area contributed by atoms with E-state index in [0.29, 0.717) is 40.9 Å². The summed E-state index contributed by atoms with van der Waals surface area (Å²) in [5.41, 5.74) is 9.28. The van der Waals surface area contributed by atoms with Gasteiger partial charge >= 0.3 is 0 Å². The molecule has 0 aliphatic heterocycles. The van der Waals surface area contributed by atoms with Crippen molar-refractivity contribution in [1.29, 1.82) is 5.26 Å². The molecule has 0 radical (unpaired) electrons. The number of hydrogen-bond acceptors (Lipinski definition) is 5. The molecule has 0 aliphatic carbocycles. The van der Waals surface area contributed by atoms with Crippen LogP contribution in [0.15, 0.2) is 54.7 Å². The SMILES string of the molecule is Cc1ccc(-c2ccn3nc(N)nc3c2)c(F)c1C(=O)NCCCc1ccc(C#N)cc1. The fourth-order valence-corrected chi connectivity index (χ4v) is 3.57. The number of fused-ring (bicyclic) bond motifs is 1. The van der Waals surface area contributed by atoms with Gasteiger partial charge in [0.1, 0.15) is 5.82 Å². The van der Waals surface area contributed by atoms with Crippen LogP contribution < -0.4 is 11.1 Å². The first kappa shape index (κ1) is 21.0. The number of anilines is 1. The molecule has 3 N–H and O–H groups in total. The highest BCUT2D eigenvalue weighted by molar-refractivity contribution is 5.97. The van der Waals surface area contributed by atoms with Gasteiger partial charge in [0.05, 0.1) is 17.2 Å². The predicted molar refractivity (Wildman–Crippen MR) is 119 cm³/mol. The molecule has 32 heavy (non-hydrogen) atoms. The van der Waals surface area contributed by atoms with Crippen molar-refractivity contribution in [2.45, 2.75) is 19.8 Å². The zero-order chi connectivity index (χ0) is 22.7. The number of amides is 1. The van der Waals surface area contributed by atoms with Crippen LogP contribution >= 0.6 is 0 Å². The smallest absolute Gasteiger partial charge is 0.254 e. The number of rotatable bonds is 6. The van der Waals surface area contributed by atoms with Crippen molar-refractivity contribution in [3.05, 3.63) is 82.8 Å². The number of nitrogens with one attached hydrogen (secondary N) is 1. The van der Waals surface area contributed by atoms with Crippen LogP contribution in [-0.2, 0) is 6.42 Å². The number of nitrogens with two attached hydrogens (primary N) is 1. The average molecular weight is 428 g/mol. The Morgan fingerprint density at radius 2 is 2.00 bits per heavy atom. The molecule has 0 saturated heterocycles. The number of carbonyl (C=O) groups is 1. The van der Waals surface area contributed by atoms with E-state index in [1.807, 2.05) is 12.1 Å². The Morgan fingerprint density at radius 3 is 2.75 bits per heavy atom. The first-order valence-electron chi connectivity index (χ1n) is 10.1. The monoisotopic (exact) mass is 428 g/mol. The van der Waals surface area contributed by atoms with Crippen LogP contribution in [0.3, 0.4) is 0 Å². The number of aromatic nitrogens is 3. The quantitative estimate of drug-likeness (QED) is 0.456. The van der Waals surface area contributed by atoms with Gasteiger partial charge in [0.25, 0.3) is 5.91 Å². The highest BCUT2D eigenvalue weighted by Gasteiger charge is 2.19. The Balaban J connectivity index is 1.47. The molecular weight excluding hydrogens is 407 g/mol. The van der Waals surface area contributed by atoms with Crippen molar-refractivity contribution in [1.82, 2.24) is 19.9 Å². The molecule has 2 aromatic heterocycles. The highest BCUT2D eigenvalue weighted by atomic mass is 19.1. The highest BCUT2D eigenvalue weighted by Crippen LogP contribution is 2.28. The van der Waals surface area contributed by atoms with Crippen LogP contribution in [0.2, 0.25) is 0 Å². The first-order valence-corrected chi connectivity index (χ1v) is 10.1. The van der Waals surface area contributed by atoms with Crippen LogP contribution in [0.1, 0.15) is 33.5 Å². The van der Waals surface area contributed by atoms with Gasteiger partial charge in [-0.1, -0.05) is 24.3 Å². The molecule has 8 heteroatoms. The zero-order valence-electron chi connectivity index (χ0n) is 17.5. The molecule has 0 spiro atoms. The molecule has 1 amide bonds. The topological polar surface area (TPSA) is 109 Å². The molecule has 2 aromatic carbocycles. The van der Waals surface area contributed by atoms with Gasteiger partial charge in [-0.15, -0.1) is 5.10 Å². The van der Waals surface area contributed by atoms with Gasteiger partial charge in [0.15, 0.2) is 5.65 Å². The standard InChI is InChI=1S/C24H21FN6O/c1-15-4-9-19(18-10-12-31-20(13-18)29-24(27)30-31)22(25)21(15)23(32)28-11-2-3-16-5-7-17(14-26)8-6-16/h4-10,12-13H,2-3,11H2,1H3,(H2,27,30)(H,28,32). The summed E-state index contributed by atoms with van der Waals surface area (Å²) >= 11 is 0. The van der Waals surface area contributed by atoms with Crippen molar-refractivity contribution in [3.63, 3.8) is 0 Å². The van der Waals surface area contributed by atoms with E-state index in [-0.39, 0.29) is 11.5 Å². The van der Waals surface area contributed by atoms with E-state index in [2.05, 4.69) is 21.5 Å². The first-order chi connectivity index (χ1) is 15.5. The van der Waals surface area contributed by atoms with Gasteiger partial charge in [0, 0.05) is 18.3 Å². The number of nitriles is 1. The summed E-state index contributed by atoms with van der Waals surface area (Å²) in [5.74, 6) is -0.895. The van der Waals surface area contributed by atoms with Crippen LogP contribution in [0.25, 0.3) is 16.8 Å². The Bertz CT molecular complexity index is 1340. The zero-order valence-corrected chi connectivity index (χ0v) is 17.5. The Kier molecular flexibility index (Phi) is 5.81. The van der Waals surface area contributed by atoms with Crippen LogP contribution in [0, 0.1) is 24.1 Å². The number of benzene rings is 2. The molecule has 0 aliphatic rings. The van der Waals surface area contributed by atoms with E-state index in [0.717, 1.165) is 12.0 Å². The number of carbonyl (C=O) groups excluding carboxylic acids is 1. The van der Waals surface area contributed by atoms with E-state index >= 15 is 4.39 Å². The maximum Gasteiger partial charge on any atom is 0.254 e. The molecular formula is C24H21FN6O. The Labute approximate surface area is 184 Å². The van der Waals surface area contributed by atoms with Crippen molar-refractivity contribution < 1.29 is 9.18 Å². The minimum absolute atomic E-state index is 0.0294. The van der Waals surface area contributed by atoms with E-state index in [9.17, 15) is 4.79 Å². The summed E-state index contributed by atoms with van der Waals surface area (Å²) in [4.78, 5) is 16.9. The van der Waals surface area contributed by atoms with E-state index in [4.69, 9.17) is 11.0 Å². The molecule has 7 nitrogen and oxygen atoms in total. The van der Waals surface area contributed by atoms with E-state index < -0.39 is 11.7 Å². The average Bonchev–Trinajstić information content (AvgIpc) is 3.16. The van der Waals surface area contributed by atoms with Gasteiger partial charge < -0.3 is 11.1 Å². The molecule has 4 rings (SSSR count). The fourth-order valence-electron chi connectivity index (χ4n) is 3.57. The third-order valence-electron chi connectivity index (χ3n) is 5.25. The number of aryl methyl sites for hydroxylation is 2. The maximum absolute atomic E-state index is 15.4. The lowest BCUT2D eigenvalue weighted by atomic mass is 9.98. The Hall–Kier alpha value is -4.25. The third-order valence-corrected chi connectivity index (χ3v) is 5.25. The van der Waals surface area contributed by atoms with E-state index in [1.54, 1.807) is 49.5 Å². The summed E-state index contributed by atoms with van der Waals surface area (Å²) in [6.07, 6.45) is 3.09. The lowest BCUT2D eigenvalue weighted by molar-refractivity contribution is 0.0948. The predicted octanol–water partition coefficient (Wildman–Crippen LogP) is 3.66. The van der Waals surface area contributed by atoms with Crippen LogP contribution in [0.4, 0.5) is 10.3 Å². The molecule has 0 fully saturated rings. The minimum Gasteiger partial charge on any atom is -0.366 e. The van der Waals surface area contributed by atoms with Gasteiger partial charge in [0.2, 0.25) is 5.95 Å². The molecule has 4 aromatic rings. The second-order valence-electron chi connectivity index (χ2n) is 7.48. The largest absolute Gasteiger partial charge is 0.366 e. The molecule has 0 bridgehead atoms. The molecule has 0 atom stereocenters. The Morgan fingerprint density at radius 1 is 1.22 bits per heavy atom. The van der Waals surface area contributed by atoms with Crippen molar-refractivity contribution in [3.8, 4) is 17.2 Å².